The number of aryl methyl sites for hydroxylation is 2. The van der Waals surface area contributed by atoms with Crippen LogP contribution in [-0.4, -0.2) is 21.1 Å². The van der Waals surface area contributed by atoms with Crippen molar-refractivity contribution in [3.63, 3.8) is 0 Å². The Morgan fingerprint density at radius 1 is 1.56 bits per heavy atom. The normalized spacial score (nSPS) is 10.4. The van der Waals surface area contributed by atoms with E-state index in [1.807, 2.05) is 19.2 Å². The van der Waals surface area contributed by atoms with E-state index in [-0.39, 0.29) is 5.91 Å². The van der Waals surface area contributed by atoms with Crippen molar-refractivity contribution in [3.05, 3.63) is 28.5 Å². The van der Waals surface area contributed by atoms with Crippen LogP contribution in [0.5, 0.6) is 0 Å². The number of anilines is 1. The maximum Gasteiger partial charge on any atom is 0.230 e. The second-order valence-electron chi connectivity index (χ2n) is 3.47. The van der Waals surface area contributed by atoms with Crippen LogP contribution in [0.1, 0.15) is 17.0 Å². The third-order valence-corrected chi connectivity index (χ3v) is 2.99. The summed E-state index contributed by atoms with van der Waals surface area (Å²) in [5, 5.41) is 12.1. The minimum Gasteiger partial charge on any atom is -0.302 e. The molecular weight excluding hydrogens is 224 g/mol. The highest BCUT2D eigenvalue weighted by Crippen LogP contribution is 2.13. The van der Waals surface area contributed by atoms with Gasteiger partial charge in [0.15, 0.2) is 5.13 Å². The topological polar surface area (TPSA) is 70.7 Å². The third-order valence-electron chi connectivity index (χ3n) is 2.30. The van der Waals surface area contributed by atoms with Crippen LogP contribution in [0.2, 0.25) is 0 Å². The lowest BCUT2D eigenvalue weighted by Gasteiger charge is -2.01. The molecule has 5 nitrogen and oxygen atoms in total. The second kappa shape index (κ2) is 4.44. The molecule has 0 saturated carbocycles. The largest absolute Gasteiger partial charge is 0.302 e. The van der Waals surface area contributed by atoms with Gasteiger partial charge >= 0.3 is 0 Å². The van der Waals surface area contributed by atoms with Gasteiger partial charge in [0.25, 0.3) is 0 Å². The Hall–Kier alpha value is -1.69. The molecule has 0 aromatic carbocycles. The number of hydrogen-bond acceptors (Lipinski definition) is 4. The number of aromatic amines is 1. The van der Waals surface area contributed by atoms with E-state index in [1.54, 1.807) is 6.20 Å². The molecule has 1 amide bonds. The maximum absolute atomic E-state index is 11.7. The molecule has 0 atom stereocenters. The van der Waals surface area contributed by atoms with Crippen LogP contribution in [0.3, 0.4) is 0 Å². The van der Waals surface area contributed by atoms with Crippen molar-refractivity contribution in [1.82, 2.24) is 15.2 Å². The Labute approximate surface area is 96.9 Å². The fourth-order valence-corrected chi connectivity index (χ4v) is 1.99. The molecule has 0 radical (unpaired) electrons. The fraction of sp³-hybridized carbons (Fsp3) is 0.300. The first kappa shape index (κ1) is 10.8. The van der Waals surface area contributed by atoms with E-state index in [1.165, 1.54) is 11.3 Å². The Balaban J connectivity index is 2.03. The van der Waals surface area contributed by atoms with Crippen LogP contribution < -0.4 is 5.32 Å². The number of nitrogens with zero attached hydrogens (tertiary/aromatic N) is 2. The van der Waals surface area contributed by atoms with E-state index in [0.29, 0.717) is 11.6 Å². The molecule has 2 aromatic heterocycles. The Morgan fingerprint density at radius 2 is 2.38 bits per heavy atom. The summed E-state index contributed by atoms with van der Waals surface area (Å²) < 4.78 is 0. The summed E-state index contributed by atoms with van der Waals surface area (Å²) in [6.45, 7) is 3.79. The first-order valence-electron chi connectivity index (χ1n) is 4.86. The number of carbonyl (C=O) groups excluding carboxylic acids is 1. The van der Waals surface area contributed by atoms with Crippen molar-refractivity contribution >= 4 is 22.4 Å². The Kier molecular flexibility index (Phi) is 3.00. The quantitative estimate of drug-likeness (QED) is 0.851. The van der Waals surface area contributed by atoms with E-state index in [4.69, 9.17) is 0 Å². The van der Waals surface area contributed by atoms with Crippen molar-refractivity contribution in [2.45, 2.75) is 20.3 Å². The predicted molar refractivity (Wildman–Crippen MR) is 62.5 cm³/mol. The van der Waals surface area contributed by atoms with Gasteiger partial charge in [-0.1, -0.05) is 0 Å². The molecule has 0 spiro atoms. The molecule has 0 unspecified atom stereocenters. The van der Waals surface area contributed by atoms with Gasteiger partial charge in [-0.05, 0) is 13.8 Å². The molecule has 0 bridgehead atoms. The van der Waals surface area contributed by atoms with Gasteiger partial charge in [0.2, 0.25) is 5.91 Å². The average molecular weight is 236 g/mol. The van der Waals surface area contributed by atoms with E-state index in [2.05, 4.69) is 20.5 Å². The van der Waals surface area contributed by atoms with E-state index in [0.717, 1.165) is 17.0 Å². The van der Waals surface area contributed by atoms with E-state index in [9.17, 15) is 4.79 Å². The summed E-state index contributed by atoms with van der Waals surface area (Å²) in [4.78, 5) is 15.7. The molecule has 2 aromatic rings. The summed E-state index contributed by atoms with van der Waals surface area (Å²) in [5.41, 5.74) is 2.76. The number of nitrogens with one attached hydrogen (secondary N) is 2. The molecule has 2 heterocycles. The number of amides is 1. The lowest BCUT2D eigenvalue weighted by Crippen LogP contribution is -2.14. The number of H-pyrrole nitrogens is 1. The highest BCUT2D eigenvalue weighted by atomic mass is 32.1. The summed E-state index contributed by atoms with van der Waals surface area (Å²) >= 11 is 1.41. The SMILES string of the molecule is Cc1n[nH]c(C)c1CC(=O)Nc1nccs1. The molecule has 6 heteroatoms. The molecule has 2 N–H and O–H groups in total. The summed E-state index contributed by atoms with van der Waals surface area (Å²) in [7, 11) is 0. The monoisotopic (exact) mass is 236 g/mol. The minimum absolute atomic E-state index is 0.0671. The molecule has 84 valence electrons. The molecular formula is C10H12N4OS. The van der Waals surface area contributed by atoms with Crippen molar-refractivity contribution in [3.8, 4) is 0 Å². The third kappa shape index (κ3) is 2.27. The fourth-order valence-electron chi connectivity index (χ4n) is 1.44. The van der Waals surface area contributed by atoms with E-state index >= 15 is 0 Å². The summed E-state index contributed by atoms with van der Waals surface area (Å²) in [5.74, 6) is -0.0671. The van der Waals surface area contributed by atoms with Crippen LogP contribution in [0.25, 0.3) is 0 Å². The van der Waals surface area contributed by atoms with Gasteiger partial charge in [-0.3, -0.25) is 9.89 Å². The summed E-state index contributed by atoms with van der Waals surface area (Å²) in [6, 6.07) is 0. The van der Waals surface area contributed by atoms with Crippen LogP contribution in [0.4, 0.5) is 5.13 Å². The zero-order valence-electron chi connectivity index (χ0n) is 9.07. The Morgan fingerprint density at radius 3 is 2.94 bits per heavy atom. The van der Waals surface area contributed by atoms with Crippen LogP contribution in [0.15, 0.2) is 11.6 Å². The Bertz CT molecular complexity index is 469. The van der Waals surface area contributed by atoms with Gasteiger partial charge in [-0.2, -0.15) is 5.10 Å². The lowest BCUT2D eigenvalue weighted by atomic mass is 10.1. The predicted octanol–water partition coefficient (Wildman–Crippen LogP) is 1.66. The zero-order valence-corrected chi connectivity index (χ0v) is 9.89. The molecule has 0 aliphatic heterocycles. The van der Waals surface area contributed by atoms with Gasteiger partial charge in [-0.25, -0.2) is 4.98 Å². The minimum atomic E-state index is -0.0671. The molecule has 0 aliphatic rings. The number of aromatic nitrogens is 3. The van der Waals surface area contributed by atoms with Crippen molar-refractivity contribution in [2.75, 3.05) is 5.32 Å². The van der Waals surface area contributed by atoms with Crippen molar-refractivity contribution in [2.24, 2.45) is 0 Å². The van der Waals surface area contributed by atoms with Crippen molar-refractivity contribution < 1.29 is 4.79 Å². The number of thiazole rings is 1. The second-order valence-corrected chi connectivity index (χ2v) is 4.37. The smallest absolute Gasteiger partial charge is 0.230 e. The molecule has 0 fully saturated rings. The standard InChI is InChI=1S/C10H12N4OS/c1-6-8(7(2)14-13-6)5-9(15)12-10-11-3-4-16-10/h3-4H,5H2,1-2H3,(H,13,14)(H,11,12,15). The molecule has 16 heavy (non-hydrogen) atoms. The highest BCUT2D eigenvalue weighted by molar-refractivity contribution is 7.13. The van der Waals surface area contributed by atoms with Crippen molar-refractivity contribution in [1.29, 1.82) is 0 Å². The number of hydrogen-bond donors (Lipinski definition) is 2. The van der Waals surface area contributed by atoms with Crippen LogP contribution in [-0.2, 0) is 11.2 Å². The first-order valence-corrected chi connectivity index (χ1v) is 5.74. The average Bonchev–Trinajstić information content (AvgIpc) is 2.83. The van der Waals surface area contributed by atoms with Gasteiger partial charge in [0.1, 0.15) is 0 Å². The molecule has 2 rings (SSSR count). The van der Waals surface area contributed by atoms with Gasteiger partial charge < -0.3 is 5.32 Å². The maximum atomic E-state index is 11.7. The van der Waals surface area contributed by atoms with Crippen LogP contribution in [0, 0.1) is 13.8 Å². The lowest BCUT2D eigenvalue weighted by molar-refractivity contribution is -0.115. The van der Waals surface area contributed by atoms with Gasteiger partial charge in [0.05, 0.1) is 12.1 Å². The summed E-state index contributed by atoms with van der Waals surface area (Å²) in [6.07, 6.45) is 1.99. The first-order chi connectivity index (χ1) is 7.66. The van der Waals surface area contributed by atoms with Gasteiger partial charge in [-0.15, -0.1) is 11.3 Å². The molecule has 0 aliphatic carbocycles. The molecule has 0 saturated heterocycles. The number of rotatable bonds is 3. The van der Waals surface area contributed by atoms with Crippen LogP contribution >= 0.6 is 11.3 Å². The van der Waals surface area contributed by atoms with E-state index < -0.39 is 0 Å². The highest BCUT2D eigenvalue weighted by Gasteiger charge is 2.11. The number of carbonyl (C=O) groups is 1. The van der Waals surface area contributed by atoms with Gasteiger partial charge in [0, 0.05) is 22.8 Å². The zero-order chi connectivity index (χ0) is 11.5.